The normalized spacial score (nSPS) is 22.0. The Kier molecular flexibility index (Phi) is 6.14. The summed E-state index contributed by atoms with van der Waals surface area (Å²) in [4.78, 5) is 11.9. The molecule has 1 aromatic rings. The van der Waals surface area contributed by atoms with E-state index in [9.17, 15) is 9.18 Å². The summed E-state index contributed by atoms with van der Waals surface area (Å²) in [5.41, 5.74) is 5.86. The Morgan fingerprint density at radius 1 is 1.38 bits per heavy atom. The fraction of sp³-hybridized carbons (Fsp3) is 0.533. The molecule has 1 aliphatic rings. The number of ether oxygens (including phenoxy) is 1. The molecule has 21 heavy (non-hydrogen) atoms. The first kappa shape index (κ1) is 16.4. The molecule has 0 aliphatic heterocycles. The maximum atomic E-state index is 13.6. The minimum absolute atomic E-state index is 0.0288. The van der Waals surface area contributed by atoms with Crippen LogP contribution in [0.1, 0.15) is 36.0 Å². The Labute approximate surface area is 132 Å². The molecule has 1 aliphatic carbocycles. The third kappa shape index (κ3) is 4.76. The van der Waals surface area contributed by atoms with Crippen LogP contribution in [0.4, 0.5) is 4.39 Å². The molecule has 0 spiro atoms. The summed E-state index contributed by atoms with van der Waals surface area (Å²) >= 11 is 3.18. The molecule has 1 aromatic carbocycles. The summed E-state index contributed by atoms with van der Waals surface area (Å²) in [6, 6.07) is 4.75. The van der Waals surface area contributed by atoms with Crippen molar-refractivity contribution in [2.24, 2.45) is 5.73 Å². The van der Waals surface area contributed by atoms with Gasteiger partial charge in [0.1, 0.15) is 5.82 Å². The smallest absolute Gasteiger partial charge is 0.255 e. The number of rotatable bonds is 5. The number of amides is 1. The summed E-state index contributed by atoms with van der Waals surface area (Å²) in [7, 11) is 0. The Morgan fingerprint density at radius 2 is 2.10 bits per heavy atom. The molecule has 0 atom stereocenters. The SMILES string of the molecule is NC1CCC(OCCNC(=O)c2c(F)cccc2Br)CC1. The first-order valence-electron chi connectivity index (χ1n) is 7.17. The van der Waals surface area contributed by atoms with Gasteiger partial charge in [0, 0.05) is 17.1 Å². The first-order valence-corrected chi connectivity index (χ1v) is 7.96. The number of nitrogens with two attached hydrogens (primary N) is 1. The van der Waals surface area contributed by atoms with Crippen molar-refractivity contribution in [1.29, 1.82) is 0 Å². The Bertz CT molecular complexity index is 470. The second kappa shape index (κ2) is 7.87. The van der Waals surface area contributed by atoms with Crippen LogP contribution < -0.4 is 11.1 Å². The fourth-order valence-corrected chi connectivity index (χ4v) is 2.97. The van der Waals surface area contributed by atoms with Crippen molar-refractivity contribution in [2.75, 3.05) is 13.2 Å². The standard InChI is InChI=1S/C15H20BrFN2O2/c16-12-2-1-3-13(17)14(12)15(20)19-8-9-21-11-6-4-10(18)5-7-11/h1-3,10-11H,4-9,18H2,(H,19,20). The van der Waals surface area contributed by atoms with E-state index in [4.69, 9.17) is 10.5 Å². The van der Waals surface area contributed by atoms with Crippen molar-refractivity contribution < 1.29 is 13.9 Å². The molecule has 1 amide bonds. The van der Waals surface area contributed by atoms with Crippen molar-refractivity contribution in [3.05, 3.63) is 34.1 Å². The lowest BCUT2D eigenvalue weighted by Crippen LogP contribution is -2.33. The number of carbonyl (C=O) groups excluding carboxylic acids is 1. The highest BCUT2D eigenvalue weighted by Gasteiger charge is 2.19. The lowest BCUT2D eigenvalue weighted by atomic mass is 9.94. The maximum absolute atomic E-state index is 13.6. The topological polar surface area (TPSA) is 64.3 Å². The van der Waals surface area contributed by atoms with Crippen molar-refractivity contribution in [3.63, 3.8) is 0 Å². The van der Waals surface area contributed by atoms with E-state index in [1.807, 2.05) is 0 Å². The lowest BCUT2D eigenvalue weighted by Gasteiger charge is -2.26. The average molecular weight is 359 g/mol. The molecule has 1 fully saturated rings. The highest BCUT2D eigenvalue weighted by molar-refractivity contribution is 9.10. The number of hydrogen-bond acceptors (Lipinski definition) is 3. The van der Waals surface area contributed by atoms with E-state index < -0.39 is 11.7 Å². The van der Waals surface area contributed by atoms with Gasteiger partial charge in [-0.05, 0) is 53.7 Å². The van der Waals surface area contributed by atoms with Gasteiger partial charge in [0.05, 0.1) is 18.3 Å². The Balaban J connectivity index is 1.72. The first-order chi connectivity index (χ1) is 10.1. The number of hydrogen-bond donors (Lipinski definition) is 2. The molecule has 3 N–H and O–H groups in total. The van der Waals surface area contributed by atoms with Gasteiger partial charge in [-0.3, -0.25) is 4.79 Å². The van der Waals surface area contributed by atoms with Gasteiger partial charge in [-0.25, -0.2) is 4.39 Å². The number of benzene rings is 1. The van der Waals surface area contributed by atoms with E-state index in [-0.39, 0.29) is 11.7 Å². The van der Waals surface area contributed by atoms with Crippen LogP contribution in [0.5, 0.6) is 0 Å². The average Bonchev–Trinajstić information content (AvgIpc) is 2.45. The molecule has 0 radical (unpaired) electrons. The van der Waals surface area contributed by atoms with E-state index in [0.717, 1.165) is 25.7 Å². The van der Waals surface area contributed by atoms with Crippen LogP contribution in [0.15, 0.2) is 22.7 Å². The molecule has 2 rings (SSSR count). The van der Waals surface area contributed by atoms with Crippen molar-refractivity contribution in [1.82, 2.24) is 5.32 Å². The van der Waals surface area contributed by atoms with Crippen LogP contribution >= 0.6 is 15.9 Å². The number of nitrogens with one attached hydrogen (secondary N) is 1. The Hall–Kier alpha value is -0.980. The van der Waals surface area contributed by atoms with E-state index >= 15 is 0 Å². The molecule has 1 saturated carbocycles. The summed E-state index contributed by atoms with van der Waals surface area (Å²) in [5, 5.41) is 2.67. The summed E-state index contributed by atoms with van der Waals surface area (Å²) in [6.45, 7) is 0.792. The number of carbonyl (C=O) groups is 1. The largest absolute Gasteiger partial charge is 0.376 e. The third-order valence-corrected chi connectivity index (χ3v) is 4.31. The minimum atomic E-state index is -0.538. The molecular weight excluding hydrogens is 339 g/mol. The lowest BCUT2D eigenvalue weighted by molar-refractivity contribution is 0.0267. The highest BCUT2D eigenvalue weighted by Crippen LogP contribution is 2.20. The van der Waals surface area contributed by atoms with Gasteiger partial charge in [-0.1, -0.05) is 6.07 Å². The molecule has 116 valence electrons. The maximum Gasteiger partial charge on any atom is 0.255 e. The second-order valence-corrected chi connectivity index (χ2v) is 6.11. The monoisotopic (exact) mass is 358 g/mol. The molecule has 0 saturated heterocycles. The van der Waals surface area contributed by atoms with Crippen molar-refractivity contribution >= 4 is 21.8 Å². The summed E-state index contributed by atoms with van der Waals surface area (Å²) in [5.74, 6) is -0.974. The summed E-state index contributed by atoms with van der Waals surface area (Å²) < 4.78 is 19.8. The quantitative estimate of drug-likeness (QED) is 0.795. The van der Waals surface area contributed by atoms with Crippen molar-refractivity contribution in [2.45, 2.75) is 37.8 Å². The highest BCUT2D eigenvalue weighted by atomic mass is 79.9. The van der Waals surface area contributed by atoms with Gasteiger partial charge < -0.3 is 15.8 Å². The molecule has 0 aromatic heterocycles. The summed E-state index contributed by atoms with van der Waals surface area (Å²) in [6.07, 6.45) is 4.13. The van der Waals surface area contributed by atoms with Crippen molar-refractivity contribution in [3.8, 4) is 0 Å². The predicted octanol–water partition coefficient (Wildman–Crippen LogP) is 2.60. The van der Waals surface area contributed by atoms with Gasteiger partial charge in [-0.15, -0.1) is 0 Å². The molecule has 6 heteroatoms. The fourth-order valence-electron chi connectivity index (χ4n) is 2.45. The third-order valence-electron chi connectivity index (χ3n) is 3.65. The molecular formula is C15H20BrFN2O2. The minimum Gasteiger partial charge on any atom is -0.376 e. The predicted molar refractivity (Wildman–Crippen MR) is 82.6 cm³/mol. The zero-order valence-corrected chi connectivity index (χ0v) is 13.4. The number of halogens is 2. The van der Waals surface area contributed by atoms with Gasteiger partial charge in [0.25, 0.3) is 5.91 Å². The van der Waals surface area contributed by atoms with Crippen LogP contribution in [0.3, 0.4) is 0 Å². The van der Waals surface area contributed by atoms with Gasteiger partial charge in [0.2, 0.25) is 0 Å². The van der Waals surface area contributed by atoms with Crippen LogP contribution in [0.2, 0.25) is 0 Å². The van der Waals surface area contributed by atoms with Gasteiger partial charge in [-0.2, -0.15) is 0 Å². The van der Waals surface area contributed by atoms with Crippen LogP contribution in [0.25, 0.3) is 0 Å². The van der Waals surface area contributed by atoms with Crippen LogP contribution in [-0.2, 0) is 4.74 Å². The Morgan fingerprint density at radius 3 is 2.76 bits per heavy atom. The molecule has 4 nitrogen and oxygen atoms in total. The van der Waals surface area contributed by atoms with Crippen LogP contribution in [0, 0.1) is 5.82 Å². The van der Waals surface area contributed by atoms with E-state index in [1.165, 1.54) is 6.07 Å². The van der Waals surface area contributed by atoms with E-state index in [2.05, 4.69) is 21.2 Å². The molecule has 0 heterocycles. The molecule has 0 unspecified atom stereocenters. The van der Waals surface area contributed by atoms with E-state index in [0.29, 0.717) is 23.7 Å². The van der Waals surface area contributed by atoms with Gasteiger partial charge in [0.15, 0.2) is 0 Å². The van der Waals surface area contributed by atoms with Gasteiger partial charge >= 0.3 is 0 Å². The molecule has 0 bridgehead atoms. The zero-order valence-electron chi connectivity index (χ0n) is 11.8. The van der Waals surface area contributed by atoms with Crippen LogP contribution in [-0.4, -0.2) is 31.2 Å². The van der Waals surface area contributed by atoms with E-state index in [1.54, 1.807) is 12.1 Å². The second-order valence-electron chi connectivity index (χ2n) is 5.26. The zero-order chi connectivity index (χ0) is 15.2.